The Morgan fingerprint density at radius 1 is 1.43 bits per heavy atom. The van der Waals surface area contributed by atoms with Crippen molar-refractivity contribution in [3.8, 4) is 0 Å². The summed E-state index contributed by atoms with van der Waals surface area (Å²) in [7, 11) is -3.47. The summed E-state index contributed by atoms with van der Waals surface area (Å²) in [6, 6.07) is 1.70. The number of piperidine rings is 1. The van der Waals surface area contributed by atoms with Crippen molar-refractivity contribution in [3.63, 3.8) is 0 Å². The van der Waals surface area contributed by atoms with Crippen molar-refractivity contribution in [2.75, 3.05) is 13.1 Å². The van der Waals surface area contributed by atoms with Gasteiger partial charge in [-0.1, -0.05) is 13.8 Å². The fourth-order valence-electron chi connectivity index (χ4n) is 2.88. The van der Waals surface area contributed by atoms with Gasteiger partial charge in [0.25, 0.3) is 0 Å². The topological polar surface area (TPSA) is 62.6 Å². The summed E-state index contributed by atoms with van der Waals surface area (Å²) in [5.41, 5.74) is 0. The number of furan rings is 1. The summed E-state index contributed by atoms with van der Waals surface area (Å²) < 4.78 is 33.0. The lowest BCUT2D eigenvalue weighted by Crippen LogP contribution is -2.45. The van der Waals surface area contributed by atoms with E-state index in [0.717, 1.165) is 19.4 Å². The van der Waals surface area contributed by atoms with Crippen LogP contribution in [0.3, 0.4) is 0 Å². The van der Waals surface area contributed by atoms with Gasteiger partial charge < -0.3 is 9.73 Å². The molecule has 2 atom stereocenters. The normalized spacial score (nSPS) is 24.4. The average molecular weight is 314 g/mol. The Hall–Kier alpha value is -0.850. The summed E-state index contributed by atoms with van der Waals surface area (Å²) in [5.74, 6) is 1.54. The lowest BCUT2D eigenvalue weighted by molar-refractivity contribution is 0.202. The molecule has 0 aromatic carbocycles. The van der Waals surface area contributed by atoms with Gasteiger partial charge in [-0.2, -0.15) is 4.31 Å². The molecule has 1 aromatic heterocycles. The van der Waals surface area contributed by atoms with Crippen molar-refractivity contribution < 1.29 is 12.8 Å². The molecule has 5 nitrogen and oxygen atoms in total. The molecule has 21 heavy (non-hydrogen) atoms. The lowest BCUT2D eigenvalue weighted by atomic mass is 9.94. The minimum absolute atomic E-state index is 0.0373. The molecular weight excluding hydrogens is 288 g/mol. The maximum atomic E-state index is 12.9. The van der Waals surface area contributed by atoms with Crippen molar-refractivity contribution in [2.24, 2.45) is 5.92 Å². The molecule has 120 valence electrons. The predicted octanol–water partition coefficient (Wildman–Crippen LogP) is 2.51. The van der Waals surface area contributed by atoms with Crippen LogP contribution in [0.4, 0.5) is 0 Å². The van der Waals surface area contributed by atoms with E-state index in [1.54, 1.807) is 17.3 Å². The maximum Gasteiger partial charge on any atom is 0.246 e. The average Bonchev–Trinajstić information content (AvgIpc) is 2.81. The predicted molar refractivity (Wildman–Crippen MR) is 82.6 cm³/mol. The standard InChI is InChI=1S/C15H26N2O3S/c1-5-16-10-14-9-15(13(4)20-14)21(18,19)17-8-6-7-11(2)12(17)3/h9,11-12,16H,5-8,10H2,1-4H3. The van der Waals surface area contributed by atoms with E-state index in [9.17, 15) is 8.42 Å². The lowest BCUT2D eigenvalue weighted by Gasteiger charge is -2.36. The van der Waals surface area contributed by atoms with Gasteiger partial charge in [0.2, 0.25) is 10.0 Å². The van der Waals surface area contributed by atoms with Gasteiger partial charge in [-0.15, -0.1) is 0 Å². The summed E-state index contributed by atoms with van der Waals surface area (Å²) in [4.78, 5) is 0.316. The molecule has 0 aliphatic carbocycles. The van der Waals surface area contributed by atoms with E-state index in [2.05, 4.69) is 12.2 Å². The molecule has 6 heteroatoms. The molecule has 1 aromatic rings. The molecule has 1 N–H and O–H groups in total. The fourth-order valence-corrected chi connectivity index (χ4v) is 4.83. The fraction of sp³-hybridized carbons (Fsp3) is 0.733. The molecule has 2 heterocycles. The zero-order valence-corrected chi connectivity index (χ0v) is 14.2. The maximum absolute atomic E-state index is 12.9. The molecule has 2 rings (SSSR count). The van der Waals surface area contributed by atoms with Crippen LogP contribution in [0, 0.1) is 12.8 Å². The smallest absolute Gasteiger partial charge is 0.246 e. The first-order valence-electron chi connectivity index (χ1n) is 7.69. The molecule has 0 amide bonds. The Labute approximate surface area is 127 Å². The summed E-state index contributed by atoms with van der Waals surface area (Å²) in [5, 5.41) is 3.15. The third-order valence-electron chi connectivity index (χ3n) is 4.37. The van der Waals surface area contributed by atoms with Crippen LogP contribution in [0.5, 0.6) is 0 Å². The van der Waals surface area contributed by atoms with Gasteiger partial charge in [-0.05, 0) is 39.2 Å². The zero-order valence-electron chi connectivity index (χ0n) is 13.3. The SMILES string of the molecule is CCNCc1cc(S(=O)(=O)N2CCCC(C)C2C)c(C)o1. The van der Waals surface area contributed by atoms with Crippen LogP contribution in [0.25, 0.3) is 0 Å². The highest BCUT2D eigenvalue weighted by atomic mass is 32.2. The summed E-state index contributed by atoms with van der Waals surface area (Å²) in [6.07, 6.45) is 2.01. The minimum atomic E-state index is -3.47. The van der Waals surface area contributed by atoms with Crippen molar-refractivity contribution in [1.82, 2.24) is 9.62 Å². The van der Waals surface area contributed by atoms with Gasteiger partial charge in [0.05, 0.1) is 6.54 Å². The molecule has 2 unspecified atom stereocenters. The van der Waals surface area contributed by atoms with Gasteiger partial charge in [-0.25, -0.2) is 8.42 Å². The highest BCUT2D eigenvalue weighted by molar-refractivity contribution is 7.89. The second-order valence-electron chi connectivity index (χ2n) is 5.89. The van der Waals surface area contributed by atoms with E-state index < -0.39 is 10.0 Å². The molecule has 0 bridgehead atoms. The van der Waals surface area contributed by atoms with Gasteiger partial charge in [0.1, 0.15) is 16.4 Å². The molecule has 0 radical (unpaired) electrons. The molecular formula is C15H26N2O3S. The second kappa shape index (κ2) is 6.50. The van der Waals surface area contributed by atoms with Crippen LogP contribution < -0.4 is 5.32 Å². The van der Waals surface area contributed by atoms with E-state index in [1.165, 1.54) is 0 Å². The number of hydrogen-bond donors (Lipinski definition) is 1. The first-order valence-corrected chi connectivity index (χ1v) is 9.13. The van der Waals surface area contributed by atoms with Crippen LogP contribution in [-0.2, 0) is 16.6 Å². The molecule has 0 spiro atoms. The van der Waals surface area contributed by atoms with E-state index >= 15 is 0 Å². The number of sulfonamides is 1. The summed E-state index contributed by atoms with van der Waals surface area (Å²) >= 11 is 0. The Balaban J connectivity index is 2.28. The molecule has 1 fully saturated rings. The quantitative estimate of drug-likeness (QED) is 0.907. The Morgan fingerprint density at radius 2 is 2.14 bits per heavy atom. The van der Waals surface area contributed by atoms with Crippen molar-refractivity contribution >= 4 is 10.0 Å². The van der Waals surface area contributed by atoms with Crippen molar-refractivity contribution in [1.29, 1.82) is 0 Å². The largest absolute Gasteiger partial charge is 0.464 e. The van der Waals surface area contributed by atoms with Crippen LogP contribution in [0.2, 0.25) is 0 Å². The molecule has 1 aliphatic rings. The first kappa shape index (κ1) is 16.5. The van der Waals surface area contributed by atoms with Crippen LogP contribution in [0.15, 0.2) is 15.4 Å². The third-order valence-corrected chi connectivity index (χ3v) is 6.47. The monoisotopic (exact) mass is 314 g/mol. The Kier molecular flexibility index (Phi) is 5.11. The van der Waals surface area contributed by atoms with Gasteiger partial charge >= 0.3 is 0 Å². The van der Waals surface area contributed by atoms with Gasteiger partial charge in [0.15, 0.2) is 0 Å². The van der Waals surface area contributed by atoms with Crippen LogP contribution in [0.1, 0.15) is 45.1 Å². The molecule has 0 saturated carbocycles. The molecule has 1 aliphatic heterocycles. The van der Waals surface area contributed by atoms with E-state index in [-0.39, 0.29) is 6.04 Å². The number of nitrogens with one attached hydrogen (secondary N) is 1. The van der Waals surface area contributed by atoms with Crippen molar-refractivity contribution in [3.05, 3.63) is 17.6 Å². The van der Waals surface area contributed by atoms with Crippen LogP contribution in [-0.4, -0.2) is 31.9 Å². The van der Waals surface area contributed by atoms with Crippen LogP contribution >= 0.6 is 0 Å². The van der Waals surface area contributed by atoms with E-state index in [4.69, 9.17) is 4.42 Å². The number of rotatable bonds is 5. The summed E-state index contributed by atoms with van der Waals surface area (Å²) in [6.45, 7) is 9.81. The Morgan fingerprint density at radius 3 is 2.81 bits per heavy atom. The first-order chi connectivity index (χ1) is 9.87. The number of nitrogens with zero attached hydrogens (tertiary/aromatic N) is 1. The zero-order chi connectivity index (χ0) is 15.6. The second-order valence-corrected chi connectivity index (χ2v) is 7.75. The van der Waals surface area contributed by atoms with Gasteiger partial charge in [-0.3, -0.25) is 0 Å². The number of aryl methyl sites for hydroxylation is 1. The Bertz CT molecular complexity index is 580. The third kappa shape index (κ3) is 3.33. The van der Waals surface area contributed by atoms with Crippen molar-refractivity contribution in [2.45, 2.75) is 58.0 Å². The van der Waals surface area contributed by atoms with Gasteiger partial charge in [0, 0.05) is 18.7 Å². The molecule has 1 saturated heterocycles. The highest BCUT2D eigenvalue weighted by Crippen LogP contribution is 2.31. The minimum Gasteiger partial charge on any atom is -0.464 e. The van der Waals surface area contributed by atoms with E-state index in [1.807, 2.05) is 13.8 Å². The highest BCUT2D eigenvalue weighted by Gasteiger charge is 2.36. The number of hydrogen-bond acceptors (Lipinski definition) is 4. The van der Waals surface area contributed by atoms with E-state index in [0.29, 0.717) is 35.4 Å².